The quantitative estimate of drug-likeness (QED) is 0.261. The van der Waals surface area contributed by atoms with Gasteiger partial charge in [-0.3, -0.25) is 0 Å². The minimum atomic E-state index is -0.383. The predicted octanol–water partition coefficient (Wildman–Crippen LogP) is 3.38. The molecule has 0 bridgehead atoms. The molecule has 7 nitrogen and oxygen atoms in total. The van der Waals surface area contributed by atoms with Crippen molar-refractivity contribution < 1.29 is 19.1 Å². The molecule has 7 heteroatoms. The topological polar surface area (TPSA) is 95.9 Å². The normalized spacial score (nSPS) is 10.9. The van der Waals surface area contributed by atoms with E-state index in [1.807, 2.05) is 47.2 Å². The van der Waals surface area contributed by atoms with Crippen molar-refractivity contribution in [3.05, 3.63) is 94.3 Å². The second-order valence-corrected chi connectivity index (χ2v) is 6.98. The lowest BCUT2D eigenvalue weighted by atomic mass is 10.0. The second kappa shape index (κ2) is 10.2. The lowest BCUT2D eigenvalue weighted by molar-refractivity contribution is 0.0524. The number of hydrazone groups is 1. The van der Waals surface area contributed by atoms with Gasteiger partial charge in [0.25, 0.3) is 0 Å². The molecule has 0 radical (unpaired) electrons. The van der Waals surface area contributed by atoms with Crippen molar-refractivity contribution in [2.75, 3.05) is 13.7 Å². The number of ether oxygens (including phenoxy) is 2. The third kappa shape index (κ3) is 5.60. The highest BCUT2D eigenvalue weighted by Gasteiger charge is 2.17. The SMILES string of the molecule is CCOC(=O)c1cn(Cc2cccc(C=NN)c2)cc1Cc1ccc(C(=O)OC)cc1. The predicted molar refractivity (Wildman–Crippen MR) is 118 cm³/mol. The highest BCUT2D eigenvalue weighted by molar-refractivity contribution is 5.91. The van der Waals surface area contributed by atoms with Crippen LogP contribution in [-0.4, -0.2) is 36.4 Å². The first-order valence-corrected chi connectivity index (χ1v) is 9.89. The number of carbonyl (C=O) groups is 2. The molecule has 0 atom stereocenters. The fourth-order valence-electron chi connectivity index (χ4n) is 3.35. The number of aromatic nitrogens is 1. The van der Waals surface area contributed by atoms with Crippen LogP contribution in [-0.2, 0) is 22.4 Å². The highest BCUT2D eigenvalue weighted by Crippen LogP contribution is 2.19. The van der Waals surface area contributed by atoms with E-state index in [-0.39, 0.29) is 11.9 Å². The average Bonchev–Trinajstić information content (AvgIpc) is 3.16. The molecule has 0 aliphatic carbocycles. The van der Waals surface area contributed by atoms with Gasteiger partial charge in [0, 0.05) is 18.9 Å². The summed E-state index contributed by atoms with van der Waals surface area (Å²) in [6.45, 7) is 2.67. The maximum absolute atomic E-state index is 12.5. The molecule has 31 heavy (non-hydrogen) atoms. The van der Waals surface area contributed by atoms with E-state index < -0.39 is 0 Å². The van der Waals surface area contributed by atoms with Crippen LogP contribution in [0.5, 0.6) is 0 Å². The molecular formula is C24H25N3O4. The third-order valence-electron chi connectivity index (χ3n) is 4.77. The van der Waals surface area contributed by atoms with Crippen LogP contribution in [0.4, 0.5) is 0 Å². The molecule has 2 N–H and O–H groups in total. The summed E-state index contributed by atoms with van der Waals surface area (Å²) >= 11 is 0. The van der Waals surface area contributed by atoms with E-state index in [4.69, 9.17) is 15.3 Å². The van der Waals surface area contributed by atoms with Gasteiger partial charge in [-0.1, -0.05) is 30.3 Å². The molecule has 2 aromatic carbocycles. The standard InChI is InChI=1S/C24H25N3O4/c1-3-31-24(29)22-16-27(14-19-6-4-5-18(11-19)13-26-25)15-21(22)12-17-7-9-20(10-8-17)23(28)30-2/h4-11,13,15-16H,3,12,14,25H2,1-2H3. The average molecular weight is 419 g/mol. The largest absolute Gasteiger partial charge is 0.465 e. The van der Waals surface area contributed by atoms with Gasteiger partial charge in [0.1, 0.15) is 0 Å². The summed E-state index contributed by atoms with van der Waals surface area (Å²) in [6, 6.07) is 15.0. The highest BCUT2D eigenvalue weighted by atomic mass is 16.5. The third-order valence-corrected chi connectivity index (χ3v) is 4.77. The Balaban J connectivity index is 1.86. The fraction of sp³-hybridized carbons (Fsp3) is 0.208. The van der Waals surface area contributed by atoms with Crippen molar-refractivity contribution >= 4 is 18.2 Å². The second-order valence-electron chi connectivity index (χ2n) is 6.98. The Morgan fingerprint density at radius 2 is 1.84 bits per heavy atom. The summed E-state index contributed by atoms with van der Waals surface area (Å²) < 4.78 is 11.9. The maximum atomic E-state index is 12.5. The molecule has 0 aliphatic rings. The van der Waals surface area contributed by atoms with E-state index in [1.54, 1.807) is 31.5 Å². The van der Waals surface area contributed by atoms with Gasteiger partial charge in [-0.15, -0.1) is 0 Å². The summed E-state index contributed by atoms with van der Waals surface area (Å²) in [7, 11) is 1.35. The molecule has 0 saturated carbocycles. The lowest BCUT2D eigenvalue weighted by Gasteiger charge is -2.05. The number of rotatable bonds is 8. The lowest BCUT2D eigenvalue weighted by Crippen LogP contribution is -2.06. The number of benzene rings is 2. The number of hydrogen-bond donors (Lipinski definition) is 1. The first-order chi connectivity index (χ1) is 15.0. The van der Waals surface area contributed by atoms with Gasteiger partial charge in [-0.25, -0.2) is 9.59 Å². The molecule has 0 amide bonds. The van der Waals surface area contributed by atoms with E-state index in [0.717, 1.165) is 22.3 Å². The molecule has 0 spiro atoms. The van der Waals surface area contributed by atoms with E-state index in [2.05, 4.69) is 5.10 Å². The molecule has 0 saturated heterocycles. The number of carbonyl (C=O) groups excluding carboxylic acids is 2. The Hall–Kier alpha value is -3.87. The maximum Gasteiger partial charge on any atom is 0.339 e. The number of hydrogen-bond acceptors (Lipinski definition) is 6. The molecule has 3 aromatic rings. The van der Waals surface area contributed by atoms with Gasteiger partial charge >= 0.3 is 11.9 Å². The van der Waals surface area contributed by atoms with Crippen molar-refractivity contribution in [3.63, 3.8) is 0 Å². The zero-order chi connectivity index (χ0) is 22.2. The van der Waals surface area contributed by atoms with Gasteiger partial charge in [-0.2, -0.15) is 5.10 Å². The van der Waals surface area contributed by atoms with Crippen LogP contribution in [0.1, 0.15) is 49.9 Å². The molecule has 0 fully saturated rings. The van der Waals surface area contributed by atoms with Crippen molar-refractivity contribution in [1.82, 2.24) is 4.57 Å². The van der Waals surface area contributed by atoms with E-state index in [0.29, 0.717) is 30.7 Å². The van der Waals surface area contributed by atoms with Gasteiger partial charge in [0.2, 0.25) is 0 Å². The molecular weight excluding hydrogens is 394 g/mol. The van der Waals surface area contributed by atoms with Crippen molar-refractivity contribution in [1.29, 1.82) is 0 Å². The van der Waals surface area contributed by atoms with Crippen molar-refractivity contribution in [2.45, 2.75) is 19.9 Å². The molecule has 1 aromatic heterocycles. The van der Waals surface area contributed by atoms with E-state index >= 15 is 0 Å². The molecule has 3 rings (SSSR count). The molecule has 1 heterocycles. The van der Waals surface area contributed by atoms with Crippen LogP contribution < -0.4 is 5.84 Å². The van der Waals surface area contributed by atoms with Crippen LogP contribution in [0, 0.1) is 0 Å². The van der Waals surface area contributed by atoms with Crippen LogP contribution in [0.25, 0.3) is 0 Å². The van der Waals surface area contributed by atoms with Crippen LogP contribution >= 0.6 is 0 Å². The van der Waals surface area contributed by atoms with Gasteiger partial charge in [-0.05, 0) is 53.8 Å². The number of methoxy groups -OCH3 is 1. The zero-order valence-electron chi connectivity index (χ0n) is 17.6. The van der Waals surface area contributed by atoms with Gasteiger partial charge < -0.3 is 19.9 Å². The van der Waals surface area contributed by atoms with Gasteiger partial charge in [0.15, 0.2) is 0 Å². The number of nitrogens with two attached hydrogens (primary N) is 1. The zero-order valence-corrected chi connectivity index (χ0v) is 17.6. The van der Waals surface area contributed by atoms with Crippen LogP contribution in [0.2, 0.25) is 0 Å². The number of esters is 2. The first kappa shape index (κ1) is 21.8. The van der Waals surface area contributed by atoms with E-state index in [1.165, 1.54) is 7.11 Å². The molecule has 160 valence electrons. The Morgan fingerprint density at radius 1 is 1.06 bits per heavy atom. The smallest absolute Gasteiger partial charge is 0.339 e. The Kier molecular flexibility index (Phi) is 7.22. The summed E-state index contributed by atoms with van der Waals surface area (Å²) in [5.74, 6) is 4.50. The summed E-state index contributed by atoms with van der Waals surface area (Å²) in [5.41, 5.74) is 4.79. The first-order valence-electron chi connectivity index (χ1n) is 9.89. The van der Waals surface area contributed by atoms with E-state index in [9.17, 15) is 9.59 Å². The Bertz CT molecular complexity index is 1080. The van der Waals surface area contributed by atoms with Crippen LogP contribution in [0.15, 0.2) is 66.0 Å². The van der Waals surface area contributed by atoms with Crippen LogP contribution in [0.3, 0.4) is 0 Å². The number of nitrogens with zero attached hydrogens (tertiary/aromatic N) is 2. The Labute approximate surface area is 181 Å². The van der Waals surface area contributed by atoms with Crippen molar-refractivity contribution in [3.8, 4) is 0 Å². The van der Waals surface area contributed by atoms with Gasteiger partial charge in [0.05, 0.1) is 31.1 Å². The fourth-order valence-corrected chi connectivity index (χ4v) is 3.35. The molecule has 0 unspecified atom stereocenters. The van der Waals surface area contributed by atoms with Crippen molar-refractivity contribution in [2.24, 2.45) is 10.9 Å². The Morgan fingerprint density at radius 3 is 2.52 bits per heavy atom. The monoisotopic (exact) mass is 419 g/mol. The minimum absolute atomic E-state index is 0.303. The summed E-state index contributed by atoms with van der Waals surface area (Å²) in [4.78, 5) is 24.2. The molecule has 0 aliphatic heterocycles. The summed E-state index contributed by atoms with van der Waals surface area (Å²) in [5, 5.41) is 3.56. The summed E-state index contributed by atoms with van der Waals surface area (Å²) in [6.07, 6.45) is 5.87. The minimum Gasteiger partial charge on any atom is -0.465 e.